The monoisotopic (exact) mass is 219 g/mol. The van der Waals surface area contributed by atoms with Gasteiger partial charge in [-0.05, 0) is 38.3 Å². The molecule has 90 valence electrons. The number of hydrogen-bond donors (Lipinski definition) is 1. The summed E-state index contributed by atoms with van der Waals surface area (Å²) in [6, 6.07) is 6.76. The van der Waals surface area contributed by atoms with E-state index in [0.29, 0.717) is 0 Å². The molecule has 1 unspecified atom stereocenters. The first-order valence-corrected chi connectivity index (χ1v) is 6.39. The van der Waals surface area contributed by atoms with Crippen molar-refractivity contribution < 1.29 is 0 Å². The van der Waals surface area contributed by atoms with Crippen LogP contribution in [0, 0.1) is 19.8 Å². The minimum atomic E-state index is 0.788. The lowest BCUT2D eigenvalue weighted by Gasteiger charge is -2.12. The van der Waals surface area contributed by atoms with Crippen LogP contribution in [0.3, 0.4) is 0 Å². The van der Waals surface area contributed by atoms with Crippen LogP contribution in [0.4, 0.5) is 0 Å². The van der Waals surface area contributed by atoms with Gasteiger partial charge in [-0.3, -0.25) is 0 Å². The quantitative estimate of drug-likeness (QED) is 0.766. The summed E-state index contributed by atoms with van der Waals surface area (Å²) in [5, 5.41) is 3.54. The molecule has 0 saturated heterocycles. The number of aryl methyl sites for hydroxylation is 2. The van der Waals surface area contributed by atoms with Gasteiger partial charge >= 0.3 is 0 Å². The zero-order valence-electron chi connectivity index (χ0n) is 11.1. The normalized spacial score (nSPS) is 12.8. The van der Waals surface area contributed by atoms with Gasteiger partial charge in [0.05, 0.1) is 0 Å². The molecule has 1 nitrogen and oxygen atoms in total. The van der Waals surface area contributed by atoms with Crippen molar-refractivity contribution in [1.82, 2.24) is 5.32 Å². The summed E-state index contributed by atoms with van der Waals surface area (Å²) < 4.78 is 0. The lowest BCUT2D eigenvalue weighted by atomic mass is 10.1. The maximum Gasteiger partial charge on any atom is 0.0205 e. The third-order valence-electron chi connectivity index (χ3n) is 2.88. The molecule has 0 saturated carbocycles. The van der Waals surface area contributed by atoms with Crippen LogP contribution in [0.15, 0.2) is 18.2 Å². The smallest absolute Gasteiger partial charge is 0.0205 e. The average molecular weight is 219 g/mol. The highest BCUT2D eigenvalue weighted by Gasteiger charge is 2.00. The predicted octanol–water partition coefficient (Wildman–Crippen LogP) is 3.83. The van der Waals surface area contributed by atoms with Gasteiger partial charge in [-0.15, -0.1) is 0 Å². The summed E-state index contributed by atoms with van der Waals surface area (Å²) >= 11 is 0. The van der Waals surface area contributed by atoms with Crippen LogP contribution in [-0.4, -0.2) is 6.54 Å². The Morgan fingerprint density at radius 3 is 2.31 bits per heavy atom. The Hall–Kier alpha value is -0.820. The van der Waals surface area contributed by atoms with E-state index in [-0.39, 0.29) is 0 Å². The zero-order valence-corrected chi connectivity index (χ0v) is 11.1. The highest BCUT2D eigenvalue weighted by molar-refractivity contribution is 5.28. The number of rotatable bonds is 6. The fourth-order valence-electron chi connectivity index (χ4n) is 2.23. The van der Waals surface area contributed by atoms with E-state index in [1.54, 1.807) is 0 Å². The molecule has 0 heterocycles. The van der Waals surface area contributed by atoms with Crippen molar-refractivity contribution in [3.8, 4) is 0 Å². The average Bonchev–Trinajstić information content (AvgIpc) is 2.16. The second-order valence-electron chi connectivity index (χ2n) is 5.02. The van der Waals surface area contributed by atoms with Gasteiger partial charge in [-0.25, -0.2) is 0 Å². The van der Waals surface area contributed by atoms with Crippen molar-refractivity contribution in [2.45, 2.75) is 47.1 Å². The molecule has 1 rings (SSSR count). The van der Waals surface area contributed by atoms with Crippen molar-refractivity contribution in [3.05, 3.63) is 34.9 Å². The summed E-state index contributed by atoms with van der Waals surface area (Å²) in [5.74, 6) is 0.788. The van der Waals surface area contributed by atoms with Crippen molar-refractivity contribution in [2.75, 3.05) is 6.54 Å². The first-order chi connectivity index (χ1) is 7.61. The van der Waals surface area contributed by atoms with Crippen molar-refractivity contribution >= 4 is 0 Å². The van der Waals surface area contributed by atoms with Crippen molar-refractivity contribution in [2.24, 2.45) is 5.92 Å². The minimum Gasteiger partial charge on any atom is -0.312 e. The van der Waals surface area contributed by atoms with E-state index in [2.05, 4.69) is 51.2 Å². The van der Waals surface area contributed by atoms with Crippen LogP contribution < -0.4 is 5.32 Å². The predicted molar refractivity (Wildman–Crippen MR) is 71.7 cm³/mol. The first-order valence-electron chi connectivity index (χ1n) is 6.39. The molecule has 0 fully saturated rings. The number of hydrogen-bond acceptors (Lipinski definition) is 1. The Balaban J connectivity index is 2.37. The second-order valence-corrected chi connectivity index (χ2v) is 5.02. The van der Waals surface area contributed by atoms with Gasteiger partial charge in [-0.2, -0.15) is 0 Å². The molecule has 1 aromatic rings. The van der Waals surface area contributed by atoms with Crippen LogP contribution in [0.25, 0.3) is 0 Å². The molecule has 0 bridgehead atoms. The SMILES string of the molecule is CCCC(C)CNCc1cc(C)cc(C)c1. The van der Waals surface area contributed by atoms with Gasteiger partial charge in [0.2, 0.25) is 0 Å². The van der Waals surface area contributed by atoms with Gasteiger partial charge in [-0.1, -0.05) is 49.6 Å². The minimum absolute atomic E-state index is 0.788. The third-order valence-corrected chi connectivity index (χ3v) is 2.88. The van der Waals surface area contributed by atoms with E-state index in [4.69, 9.17) is 0 Å². The molecule has 0 spiro atoms. The number of benzene rings is 1. The van der Waals surface area contributed by atoms with Crippen LogP contribution in [0.1, 0.15) is 43.4 Å². The Morgan fingerprint density at radius 1 is 1.12 bits per heavy atom. The maximum absolute atomic E-state index is 3.54. The fourth-order valence-corrected chi connectivity index (χ4v) is 2.23. The fraction of sp³-hybridized carbons (Fsp3) is 0.600. The molecular formula is C15H25N. The van der Waals surface area contributed by atoms with E-state index < -0.39 is 0 Å². The molecule has 16 heavy (non-hydrogen) atoms. The Labute approximate surface area is 100 Å². The molecule has 0 aliphatic heterocycles. The summed E-state index contributed by atoms with van der Waals surface area (Å²) in [5.41, 5.74) is 4.12. The van der Waals surface area contributed by atoms with E-state index in [1.807, 2.05) is 0 Å². The largest absolute Gasteiger partial charge is 0.312 e. The molecule has 0 amide bonds. The molecule has 1 atom stereocenters. The summed E-state index contributed by atoms with van der Waals surface area (Å²) in [7, 11) is 0. The topological polar surface area (TPSA) is 12.0 Å². The zero-order chi connectivity index (χ0) is 12.0. The Kier molecular flexibility index (Phi) is 5.54. The highest BCUT2D eigenvalue weighted by atomic mass is 14.9. The van der Waals surface area contributed by atoms with Gasteiger partial charge in [0, 0.05) is 6.54 Å². The van der Waals surface area contributed by atoms with Gasteiger partial charge in [0.25, 0.3) is 0 Å². The summed E-state index contributed by atoms with van der Waals surface area (Å²) in [4.78, 5) is 0. The van der Waals surface area contributed by atoms with E-state index >= 15 is 0 Å². The van der Waals surface area contributed by atoms with E-state index in [1.165, 1.54) is 29.5 Å². The molecule has 0 radical (unpaired) electrons. The molecule has 1 heteroatoms. The van der Waals surface area contributed by atoms with Crippen LogP contribution in [0.2, 0.25) is 0 Å². The van der Waals surface area contributed by atoms with Crippen LogP contribution in [0.5, 0.6) is 0 Å². The molecule has 0 aromatic heterocycles. The van der Waals surface area contributed by atoms with Crippen molar-refractivity contribution in [1.29, 1.82) is 0 Å². The molecule has 1 aromatic carbocycles. The maximum atomic E-state index is 3.54. The lowest BCUT2D eigenvalue weighted by molar-refractivity contribution is 0.476. The molecule has 0 aliphatic rings. The van der Waals surface area contributed by atoms with Gasteiger partial charge in [0.1, 0.15) is 0 Å². The third kappa shape index (κ3) is 4.80. The summed E-state index contributed by atoms with van der Waals surface area (Å²) in [6.07, 6.45) is 2.60. The van der Waals surface area contributed by atoms with Crippen LogP contribution in [-0.2, 0) is 6.54 Å². The molecular weight excluding hydrogens is 194 g/mol. The lowest BCUT2D eigenvalue weighted by Crippen LogP contribution is -2.20. The Morgan fingerprint density at radius 2 is 1.75 bits per heavy atom. The Bertz CT molecular complexity index is 297. The van der Waals surface area contributed by atoms with Crippen molar-refractivity contribution in [3.63, 3.8) is 0 Å². The standard InChI is InChI=1S/C15H25N/c1-5-6-12(2)10-16-11-15-8-13(3)7-14(4)9-15/h7-9,12,16H,5-6,10-11H2,1-4H3. The molecule has 1 N–H and O–H groups in total. The van der Waals surface area contributed by atoms with Crippen LogP contribution >= 0.6 is 0 Å². The summed E-state index contributed by atoms with van der Waals surface area (Å²) in [6.45, 7) is 11.0. The van der Waals surface area contributed by atoms with E-state index in [9.17, 15) is 0 Å². The first kappa shape index (κ1) is 13.2. The highest BCUT2D eigenvalue weighted by Crippen LogP contribution is 2.09. The second kappa shape index (κ2) is 6.70. The number of nitrogens with one attached hydrogen (secondary N) is 1. The van der Waals surface area contributed by atoms with Gasteiger partial charge < -0.3 is 5.32 Å². The van der Waals surface area contributed by atoms with E-state index in [0.717, 1.165) is 19.0 Å². The molecule has 0 aliphatic carbocycles. The van der Waals surface area contributed by atoms with Gasteiger partial charge in [0.15, 0.2) is 0 Å².